The van der Waals surface area contributed by atoms with Gasteiger partial charge in [-0.2, -0.15) is 0 Å². The van der Waals surface area contributed by atoms with Crippen LogP contribution in [0.1, 0.15) is 18.5 Å². The maximum atomic E-state index is 4.82. The highest BCUT2D eigenvalue weighted by Gasteiger charge is 2.24. The summed E-state index contributed by atoms with van der Waals surface area (Å²) >= 11 is 1.81. The van der Waals surface area contributed by atoms with Crippen molar-refractivity contribution in [3.8, 4) is 0 Å². The zero-order valence-corrected chi connectivity index (χ0v) is 16.3. The molecule has 1 fully saturated rings. The first-order chi connectivity index (χ1) is 13.3. The summed E-state index contributed by atoms with van der Waals surface area (Å²) in [7, 11) is 0. The maximum absolute atomic E-state index is 4.82. The highest BCUT2D eigenvalue weighted by Crippen LogP contribution is 2.31. The molecule has 1 atom stereocenters. The van der Waals surface area contributed by atoms with E-state index in [1.165, 1.54) is 21.0 Å². The molecule has 3 aromatic carbocycles. The van der Waals surface area contributed by atoms with Crippen LogP contribution in [0.2, 0.25) is 0 Å². The van der Waals surface area contributed by atoms with Gasteiger partial charge in [-0.25, -0.2) is 4.98 Å². The van der Waals surface area contributed by atoms with Crippen molar-refractivity contribution in [2.75, 3.05) is 31.1 Å². The summed E-state index contributed by atoms with van der Waals surface area (Å²) in [5.41, 5.74) is 2.52. The van der Waals surface area contributed by atoms with Crippen LogP contribution in [0.15, 0.2) is 66.7 Å². The molecule has 27 heavy (non-hydrogen) atoms. The van der Waals surface area contributed by atoms with E-state index in [0.717, 1.165) is 36.8 Å². The van der Waals surface area contributed by atoms with Crippen LogP contribution in [0.4, 0.5) is 5.13 Å². The Hall–Kier alpha value is -2.43. The van der Waals surface area contributed by atoms with E-state index >= 15 is 0 Å². The number of anilines is 1. The van der Waals surface area contributed by atoms with E-state index in [4.69, 9.17) is 4.98 Å². The third kappa shape index (κ3) is 3.20. The minimum Gasteiger partial charge on any atom is -0.345 e. The van der Waals surface area contributed by atoms with Crippen LogP contribution in [-0.4, -0.2) is 36.1 Å². The molecule has 2 heterocycles. The topological polar surface area (TPSA) is 19.4 Å². The molecule has 0 amide bonds. The maximum Gasteiger partial charge on any atom is 0.186 e. The Morgan fingerprint density at radius 3 is 2.41 bits per heavy atom. The van der Waals surface area contributed by atoms with E-state index < -0.39 is 0 Å². The molecule has 1 aliphatic heterocycles. The summed E-state index contributed by atoms with van der Waals surface area (Å²) in [5.74, 6) is 0. The van der Waals surface area contributed by atoms with Crippen molar-refractivity contribution in [1.29, 1.82) is 0 Å². The van der Waals surface area contributed by atoms with E-state index in [9.17, 15) is 0 Å². The first kappa shape index (κ1) is 16.7. The molecular weight excluding hydrogens is 350 g/mol. The summed E-state index contributed by atoms with van der Waals surface area (Å²) in [6, 6.07) is 24.3. The highest BCUT2D eigenvalue weighted by molar-refractivity contribution is 7.22. The van der Waals surface area contributed by atoms with Crippen molar-refractivity contribution < 1.29 is 0 Å². The summed E-state index contributed by atoms with van der Waals surface area (Å²) in [4.78, 5) is 9.85. The zero-order chi connectivity index (χ0) is 18.2. The lowest BCUT2D eigenvalue weighted by molar-refractivity contribution is 0.198. The number of hydrogen-bond donors (Lipinski definition) is 0. The molecule has 0 saturated carbocycles. The van der Waals surface area contributed by atoms with Crippen LogP contribution in [0, 0.1) is 0 Å². The van der Waals surface area contributed by atoms with Crippen LogP contribution < -0.4 is 4.90 Å². The Bertz CT molecular complexity index is 1050. The second-order valence-electron chi connectivity index (χ2n) is 7.27. The first-order valence-corrected chi connectivity index (χ1v) is 10.4. The van der Waals surface area contributed by atoms with Gasteiger partial charge in [0.2, 0.25) is 0 Å². The van der Waals surface area contributed by atoms with Crippen molar-refractivity contribution in [3.63, 3.8) is 0 Å². The molecule has 1 unspecified atom stereocenters. The normalized spacial score (nSPS) is 16.9. The Morgan fingerprint density at radius 1 is 0.852 bits per heavy atom. The van der Waals surface area contributed by atoms with E-state index in [0.29, 0.717) is 6.04 Å². The van der Waals surface area contributed by atoms with Gasteiger partial charge in [0.15, 0.2) is 5.13 Å². The quantitative estimate of drug-likeness (QED) is 0.484. The second kappa shape index (κ2) is 6.95. The number of fused-ring (bicyclic) bond motifs is 2. The van der Waals surface area contributed by atoms with Crippen molar-refractivity contribution >= 4 is 37.5 Å². The van der Waals surface area contributed by atoms with Gasteiger partial charge in [0.1, 0.15) is 0 Å². The molecule has 0 bridgehead atoms. The summed E-state index contributed by atoms with van der Waals surface area (Å²) < 4.78 is 1.28. The third-order valence-corrected chi connectivity index (χ3v) is 6.77. The SMILES string of the molecule is CC(c1ccc2ccccc2c1)N1CCN(c2nc3ccccc3s2)CC1. The third-order valence-electron chi connectivity index (χ3n) is 5.67. The molecule has 0 radical (unpaired) electrons. The van der Waals surface area contributed by atoms with Crippen molar-refractivity contribution in [3.05, 3.63) is 72.3 Å². The highest BCUT2D eigenvalue weighted by atomic mass is 32.1. The molecule has 5 rings (SSSR count). The average Bonchev–Trinajstić information content (AvgIpc) is 3.17. The average molecular weight is 374 g/mol. The van der Waals surface area contributed by atoms with E-state index in [1.54, 1.807) is 0 Å². The predicted molar refractivity (Wildman–Crippen MR) is 116 cm³/mol. The Balaban J connectivity index is 1.30. The minimum atomic E-state index is 0.437. The van der Waals surface area contributed by atoms with Gasteiger partial charge >= 0.3 is 0 Å². The summed E-state index contributed by atoms with van der Waals surface area (Å²) in [5, 5.41) is 3.80. The number of thiazole rings is 1. The molecule has 4 heteroatoms. The number of para-hydroxylation sites is 1. The Labute approximate surface area is 163 Å². The van der Waals surface area contributed by atoms with Gasteiger partial charge in [-0.15, -0.1) is 0 Å². The number of rotatable bonds is 3. The van der Waals surface area contributed by atoms with Gasteiger partial charge in [-0.1, -0.05) is 59.9 Å². The van der Waals surface area contributed by atoms with Crippen LogP contribution >= 0.6 is 11.3 Å². The molecule has 1 saturated heterocycles. The van der Waals surface area contributed by atoms with Crippen molar-refractivity contribution in [2.45, 2.75) is 13.0 Å². The number of benzene rings is 3. The monoisotopic (exact) mass is 373 g/mol. The lowest BCUT2D eigenvalue weighted by Crippen LogP contribution is -2.47. The van der Waals surface area contributed by atoms with Crippen LogP contribution in [0.25, 0.3) is 21.0 Å². The number of aromatic nitrogens is 1. The second-order valence-corrected chi connectivity index (χ2v) is 8.28. The lowest BCUT2D eigenvalue weighted by Gasteiger charge is -2.38. The number of piperazine rings is 1. The molecule has 1 aliphatic rings. The molecule has 1 aromatic heterocycles. The Kier molecular flexibility index (Phi) is 4.30. The zero-order valence-electron chi connectivity index (χ0n) is 15.5. The van der Waals surface area contributed by atoms with Gasteiger partial charge in [0.05, 0.1) is 10.2 Å². The van der Waals surface area contributed by atoms with E-state index in [1.807, 2.05) is 11.3 Å². The molecule has 136 valence electrons. The largest absolute Gasteiger partial charge is 0.345 e. The number of hydrogen-bond acceptors (Lipinski definition) is 4. The van der Waals surface area contributed by atoms with Crippen LogP contribution in [-0.2, 0) is 0 Å². The van der Waals surface area contributed by atoms with Crippen molar-refractivity contribution in [2.24, 2.45) is 0 Å². The Morgan fingerprint density at radius 2 is 1.59 bits per heavy atom. The van der Waals surface area contributed by atoms with Gasteiger partial charge in [0.25, 0.3) is 0 Å². The van der Waals surface area contributed by atoms with Crippen molar-refractivity contribution in [1.82, 2.24) is 9.88 Å². The summed E-state index contributed by atoms with van der Waals surface area (Å²) in [6.07, 6.45) is 0. The molecule has 0 N–H and O–H groups in total. The van der Waals surface area contributed by atoms with E-state index in [2.05, 4.69) is 83.5 Å². The van der Waals surface area contributed by atoms with Gasteiger partial charge in [-0.05, 0) is 41.5 Å². The fourth-order valence-electron chi connectivity index (χ4n) is 3.97. The minimum absolute atomic E-state index is 0.437. The molecule has 3 nitrogen and oxygen atoms in total. The van der Waals surface area contributed by atoms with Gasteiger partial charge in [-0.3, -0.25) is 4.90 Å². The molecule has 4 aromatic rings. The smallest absolute Gasteiger partial charge is 0.186 e. The lowest BCUT2D eigenvalue weighted by atomic mass is 10.0. The molecule has 0 spiro atoms. The van der Waals surface area contributed by atoms with E-state index in [-0.39, 0.29) is 0 Å². The summed E-state index contributed by atoms with van der Waals surface area (Å²) in [6.45, 7) is 6.56. The number of nitrogens with zero attached hydrogens (tertiary/aromatic N) is 3. The van der Waals surface area contributed by atoms with Gasteiger partial charge in [0, 0.05) is 32.2 Å². The molecule has 0 aliphatic carbocycles. The fourth-order valence-corrected chi connectivity index (χ4v) is 4.99. The predicted octanol–water partition coefficient (Wildman–Crippen LogP) is 5.33. The van der Waals surface area contributed by atoms with Crippen LogP contribution in [0.5, 0.6) is 0 Å². The van der Waals surface area contributed by atoms with Gasteiger partial charge < -0.3 is 4.90 Å². The van der Waals surface area contributed by atoms with Crippen LogP contribution in [0.3, 0.4) is 0 Å². The fraction of sp³-hybridized carbons (Fsp3) is 0.261. The molecular formula is C23H23N3S. The standard InChI is InChI=1S/C23H23N3S/c1-17(19-11-10-18-6-2-3-7-20(18)16-19)25-12-14-26(15-13-25)23-24-21-8-4-5-9-22(21)27-23/h2-11,16-17H,12-15H2,1H3. The first-order valence-electron chi connectivity index (χ1n) is 9.61.